The second-order valence-corrected chi connectivity index (χ2v) is 11.8. The van der Waals surface area contributed by atoms with E-state index in [0.29, 0.717) is 66.8 Å². The Kier molecular flexibility index (Phi) is 56.8. The van der Waals surface area contributed by atoms with Crippen LogP contribution in [-0.2, 0) is 11.0 Å². The molecule has 0 saturated heterocycles. The molecule has 0 radical (unpaired) electrons. The van der Waals surface area contributed by atoms with Crippen molar-refractivity contribution < 1.29 is 268 Å². The molecule has 30 N–H and O–H groups in total. The van der Waals surface area contributed by atoms with Gasteiger partial charge in [0.15, 0.2) is 37.7 Å². The molecule has 0 aliphatic carbocycles. The summed E-state index contributed by atoms with van der Waals surface area (Å²) in [5.41, 5.74) is 5.34. The Morgan fingerprint density at radius 1 is 0.197 bits per heavy atom. The molecule has 0 fully saturated rings. The first-order chi connectivity index (χ1) is 25.8. The van der Waals surface area contributed by atoms with Gasteiger partial charge in [-0.3, -0.25) is 0 Å². The summed E-state index contributed by atoms with van der Waals surface area (Å²) in [7, 11) is 0. The third-order valence-corrected chi connectivity index (χ3v) is 8.30. The second-order valence-electron chi connectivity index (χ2n) is 11.8. The second kappa shape index (κ2) is 43.7. The predicted octanol–water partition coefficient (Wildman–Crippen LogP) is -2.83. The average molecular weight is 1460 g/mol. The minimum Gasteiger partial charge on any atom is -0.457 e. The summed E-state index contributed by atoms with van der Waals surface area (Å²) >= 11 is 0. The zero-order valence-corrected chi connectivity index (χ0v) is 47.7. The van der Waals surface area contributed by atoms with Crippen molar-refractivity contribution in [2.75, 3.05) is 0 Å². The first kappa shape index (κ1) is 85.8. The van der Waals surface area contributed by atoms with Crippen molar-refractivity contribution in [2.45, 2.75) is 37.7 Å². The topological polar surface area (TPSA) is 498 Å². The Bertz CT molecular complexity index is 1730. The Hall–Kier alpha value is -0.0774. The van der Waals surface area contributed by atoms with Gasteiger partial charge in [0, 0.05) is 197 Å². The number of benzene rings is 6. The number of hydrogen-bond acceptors (Lipinski definition) is 12. The van der Waals surface area contributed by atoms with Crippen LogP contribution in [0.15, 0.2) is 146 Å². The Balaban J connectivity index is -0.0000000967. The van der Waals surface area contributed by atoms with E-state index in [4.69, 9.17) is 0 Å². The van der Waals surface area contributed by atoms with Crippen molar-refractivity contribution in [3.8, 4) is 33.4 Å². The molecule has 0 atom stereocenters. The summed E-state index contributed by atoms with van der Waals surface area (Å²) < 4.78 is 0. The summed E-state index contributed by atoms with van der Waals surface area (Å²) in [5.74, 6) is 0. The van der Waals surface area contributed by atoms with Gasteiger partial charge < -0.3 is 105 Å². The molecule has 0 aliphatic heterocycles. The van der Waals surface area contributed by atoms with Gasteiger partial charge in [-0.2, -0.15) is 0 Å². The SMILES string of the molecule is O.O.O.O.O.O.OC(O)c1ccccc1-c1ccccc1C(O)O.OC(O)c1ccccc1-c1ccccc1C(O)O.OC(O)c1ccccc1-c1ccccc1C(O)O.[Nd].[Nd].[Nd].[Nd].[OH3+].[OH3+]. The van der Waals surface area contributed by atoms with Crippen LogP contribution in [0.3, 0.4) is 0 Å². The molecule has 66 heavy (non-hydrogen) atoms. The van der Waals surface area contributed by atoms with Gasteiger partial charge in [-0.05, 0) is 33.4 Å². The van der Waals surface area contributed by atoms with Crippen LogP contribution in [-0.4, -0.2) is 94.1 Å². The van der Waals surface area contributed by atoms with Gasteiger partial charge in [0.2, 0.25) is 0 Å². The fourth-order valence-electron chi connectivity index (χ4n) is 5.80. The zero-order chi connectivity index (χ0) is 39.4. The molecule has 24 heteroatoms. The van der Waals surface area contributed by atoms with Crippen LogP contribution < -0.4 is 0 Å². The van der Waals surface area contributed by atoms with E-state index in [2.05, 4.69) is 0 Å². The smallest absolute Gasteiger partial charge is 0.179 e. The Morgan fingerprint density at radius 2 is 0.288 bits per heavy atom. The van der Waals surface area contributed by atoms with Crippen LogP contribution in [0.5, 0.6) is 0 Å². The molecule has 0 unspecified atom stereocenters. The van der Waals surface area contributed by atoms with E-state index in [1.807, 2.05) is 0 Å². The first-order valence-electron chi connectivity index (χ1n) is 16.5. The Labute approximate surface area is 510 Å². The molecule has 0 aliphatic rings. The molecule has 0 saturated carbocycles. The summed E-state index contributed by atoms with van der Waals surface area (Å²) in [6.07, 6.45) is -9.64. The molecule has 0 bridgehead atoms. The van der Waals surface area contributed by atoms with Crippen LogP contribution in [0.2, 0.25) is 0 Å². The van der Waals surface area contributed by atoms with Crippen molar-refractivity contribution in [3.63, 3.8) is 0 Å². The molecule has 0 heterocycles. The minimum absolute atomic E-state index is 0. The zero-order valence-electron chi connectivity index (χ0n) is 34.8. The van der Waals surface area contributed by atoms with Crippen LogP contribution in [0, 0.1) is 163 Å². The van der Waals surface area contributed by atoms with Crippen molar-refractivity contribution in [3.05, 3.63) is 179 Å². The van der Waals surface area contributed by atoms with E-state index in [1.54, 1.807) is 146 Å². The van der Waals surface area contributed by atoms with Gasteiger partial charge in [-0.25, -0.2) is 0 Å². The third kappa shape index (κ3) is 24.4. The van der Waals surface area contributed by atoms with Crippen LogP contribution in [0.4, 0.5) is 0 Å². The average Bonchev–Trinajstić information content (AvgIpc) is 3.18. The first-order valence-corrected chi connectivity index (χ1v) is 16.5. The fourth-order valence-corrected chi connectivity index (χ4v) is 5.80. The summed E-state index contributed by atoms with van der Waals surface area (Å²) in [6.45, 7) is 0. The van der Waals surface area contributed by atoms with Gasteiger partial charge >= 0.3 is 0 Å². The predicted molar refractivity (Wildman–Crippen MR) is 230 cm³/mol. The van der Waals surface area contributed by atoms with Gasteiger partial charge in [-0.15, -0.1) is 0 Å². The summed E-state index contributed by atoms with van der Waals surface area (Å²) in [4.78, 5) is 0. The van der Waals surface area contributed by atoms with E-state index in [0.717, 1.165) is 0 Å². The molecule has 6 aromatic rings. The molecule has 6 rings (SSSR count). The van der Waals surface area contributed by atoms with Crippen LogP contribution in [0.25, 0.3) is 33.4 Å². The van der Waals surface area contributed by atoms with Crippen LogP contribution >= 0.6 is 0 Å². The third-order valence-electron chi connectivity index (χ3n) is 8.30. The minimum atomic E-state index is -1.61. The van der Waals surface area contributed by atoms with Crippen molar-refractivity contribution in [2.24, 2.45) is 0 Å². The van der Waals surface area contributed by atoms with Gasteiger partial charge in [0.1, 0.15) is 0 Å². The van der Waals surface area contributed by atoms with Gasteiger partial charge in [0.25, 0.3) is 0 Å². The van der Waals surface area contributed by atoms with E-state index >= 15 is 0 Å². The maximum Gasteiger partial charge on any atom is 0.179 e. The van der Waals surface area contributed by atoms with E-state index in [9.17, 15) is 61.3 Å². The van der Waals surface area contributed by atoms with Crippen LogP contribution in [0.1, 0.15) is 71.1 Å². The Morgan fingerprint density at radius 3 is 0.379 bits per heavy atom. The van der Waals surface area contributed by atoms with E-state index in [1.165, 1.54) is 0 Å². The number of aliphatic hydroxyl groups excluding tert-OH is 6. The monoisotopic (exact) mass is 1450 g/mol. The molecular weight excluding hydrogens is 1400 g/mol. The van der Waals surface area contributed by atoms with Crippen molar-refractivity contribution >= 4 is 0 Å². The van der Waals surface area contributed by atoms with Gasteiger partial charge in [-0.1, -0.05) is 146 Å². The summed E-state index contributed by atoms with van der Waals surface area (Å²) in [6, 6.07) is 40.4. The van der Waals surface area contributed by atoms with Gasteiger partial charge in [0.05, 0.1) is 0 Å². The molecular formula is C42H60Nd4O20+2. The molecule has 0 amide bonds. The summed E-state index contributed by atoms with van der Waals surface area (Å²) in [5, 5.41) is 112. The normalized spacial score (nSPS) is 9.18. The van der Waals surface area contributed by atoms with E-state index < -0.39 is 37.7 Å². The number of hydrogen-bond donors (Lipinski definition) is 12. The molecule has 0 spiro atoms. The molecule has 20 nitrogen and oxygen atoms in total. The largest absolute Gasteiger partial charge is 0.457 e. The maximum atomic E-state index is 9.33. The van der Waals surface area contributed by atoms with E-state index in [-0.39, 0.29) is 207 Å². The molecule has 0 aromatic heterocycles. The molecule has 362 valence electrons. The maximum absolute atomic E-state index is 9.33. The number of rotatable bonds is 9. The number of aliphatic hydroxyl groups is 12. The van der Waals surface area contributed by atoms with Crippen molar-refractivity contribution in [1.29, 1.82) is 0 Å². The quantitative estimate of drug-likeness (QED) is 0.0515. The fraction of sp³-hybridized carbons (Fsp3) is 0.143. The standard InChI is InChI=1S/3C14H14O4.4Nd.8H2O/c3*15-13(16)11-7-3-1-5-9(11)10-6-2-4-8-12(10)14(17)18;;;;;;;;;;;;/h3*1-8,13-18H;;;;;8*1H2/p+2. The van der Waals surface area contributed by atoms with Crippen molar-refractivity contribution in [1.82, 2.24) is 0 Å². The molecule has 6 aromatic carbocycles.